The maximum atomic E-state index is 12.6. The lowest BCUT2D eigenvalue weighted by Crippen LogP contribution is -1.98. The maximum absolute atomic E-state index is 12.6. The minimum atomic E-state index is -3.05. The Kier molecular flexibility index (Phi) is 4.46. The molecule has 1 heterocycles. The van der Waals surface area contributed by atoms with Crippen LogP contribution in [0.4, 0.5) is 0 Å². The zero-order valence-corrected chi connectivity index (χ0v) is 12.5. The first-order valence-electron chi connectivity index (χ1n) is 6.52. The molecule has 0 saturated carbocycles. The van der Waals surface area contributed by atoms with Gasteiger partial charge in [-0.15, -0.1) is 0 Å². The van der Waals surface area contributed by atoms with Crippen molar-refractivity contribution in [3.63, 3.8) is 0 Å². The highest BCUT2D eigenvalue weighted by molar-refractivity contribution is 7.53. The van der Waals surface area contributed by atoms with Crippen molar-refractivity contribution in [2.45, 2.75) is 26.9 Å². The Hall–Kier alpha value is -1.09. The molecule has 1 aromatic heterocycles. The number of hydrogen-bond donors (Lipinski definition) is 1. The van der Waals surface area contributed by atoms with Crippen LogP contribution in [0, 0.1) is 6.92 Å². The zero-order chi connectivity index (χ0) is 13.9. The van der Waals surface area contributed by atoms with Gasteiger partial charge in [0, 0.05) is 17.1 Å². The molecule has 0 radical (unpaired) electrons. The molecule has 0 amide bonds. The van der Waals surface area contributed by atoms with Crippen LogP contribution < -0.4 is 0 Å². The van der Waals surface area contributed by atoms with Gasteiger partial charge < -0.3 is 14.0 Å². The van der Waals surface area contributed by atoms with Crippen LogP contribution in [0.25, 0.3) is 10.9 Å². The summed E-state index contributed by atoms with van der Waals surface area (Å²) >= 11 is 0. The summed E-state index contributed by atoms with van der Waals surface area (Å²) in [5.41, 5.74) is 3.19. The van der Waals surface area contributed by atoms with Crippen molar-refractivity contribution in [1.29, 1.82) is 0 Å². The van der Waals surface area contributed by atoms with Crippen molar-refractivity contribution >= 4 is 18.5 Å². The fourth-order valence-electron chi connectivity index (χ4n) is 2.15. The molecule has 104 valence electrons. The highest BCUT2D eigenvalue weighted by Gasteiger charge is 2.25. The quantitative estimate of drug-likeness (QED) is 0.805. The topological polar surface area (TPSA) is 51.3 Å². The number of hydrogen-bond acceptors (Lipinski definition) is 3. The Bertz CT molecular complexity index is 596. The predicted octanol–water partition coefficient (Wildman–Crippen LogP) is 4.24. The Balaban J connectivity index is 2.33. The van der Waals surface area contributed by atoms with Crippen molar-refractivity contribution < 1.29 is 13.6 Å². The van der Waals surface area contributed by atoms with E-state index in [0.717, 1.165) is 16.5 Å². The molecule has 1 aromatic carbocycles. The van der Waals surface area contributed by atoms with Crippen LogP contribution in [-0.4, -0.2) is 18.2 Å². The van der Waals surface area contributed by atoms with Crippen LogP contribution in [0.1, 0.15) is 25.0 Å². The number of benzene rings is 1. The summed E-state index contributed by atoms with van der Waals surface area (Å²) in [5, 5.41) is 1.08. The highest BCUT2D eigenvalue weighted by atomic mass is 31.2. The first-order chi connectivity index (χ1) is 9.08. The average Bonchev–Trinajstić information content (AvgIpc) is 2.72. The maximum Gasteiger partial charge on any atom is 0.335 e. The van der Waals surface area contributed by atoms with Crippen LogP contribution in [0.2, 0.25) is 0 Å². The smallest absolute Gasteiger partial charge is 0.335 e. The molecule has 19 heavy (non-hydrogen) atoms. The van der Waals surface area contributed by atoms with Gasteiger partial charge in [-0.3, -0.25) is 4.57 Å². The van der Waals surface area contributed by atoms with Crippen LogP contribution in [0.5, 0.6) is 0 Å². The number of aromatic amines is 1. The van der Waals surface area contributed by atoms with E-state index in [0.29, 0.717) is 19.4 Å². The van der Waals surface area contributed by atoms with E-state index in [4.69, 9.17) is 9.05 Å². The molecule has 0 spiro atoms. The van der Waals surface area contributed by atoms with Crippen LogP contribution in [-0.2, 0) is 19.8 Å². The van der Waals surface area contributed by atoms with E-state index < -0.39 is 7.60 Å². The van der Waals surface area contributed by atoms with Gasteiger partial charge in [-0.2, -0.15) is 0 Å². The second kappa shape index (κ2) is 5.91. The van der Waals surface area contributed by atoms with Crippen molar-refractivity contribution in [1.82, 2.24) is 4.98 Å². The molecule has 0 bridgehead atoms. The summed E-state index contributed by atoms with van der Waals surface area (Å²) in [4.78, 5) is 3.19. The molecule has 2 aromatic rings. The summed E-state index contributed by atoms with van der Waals surface area (Å²) in [6, 6.07) is 6.16. The van der Waals surface area contributed by atoms with Crippen molar-refractivity contribution in [3.05, 3.63) is 35.5 Å². The first-order valence-corrected chi connectivity index (χ1v) is 8.25. The highest BCUT2D eigenvalue weighted by Crippen LogP contribution is 2.52. The normalized spacial score (nSPS) is 12.2. The number of nitrogens with one attached hydrogen (secondary N) is 1. The molecule has 0 saturated heterocycles. The summed E-state index contributed by atoms with van der Waals surface area (Å²) in [6.07, 6.45) is 2.19. The van der Waals surface area contributed by atoms with Gasteiger partial charge in [-0.1, -0.05) is 11.6 Å². The monoisotopic (exact) mass is 281 g/mol. The van der Waals surface area contributed by atoms with Crippen molar-refractivity contribution in [2.75, 3.05) is 13.2 Å². The molecule has 0 unspecified atom stereocenters. The lowest BCUT2D eigenvalue weighted by atomic mass is 10.1. The summed E-state index contributed by atoms with van der Waals surface area (Å²) in [5.74, 6) is 0. The minimum absolute atomic E-state index is 0.304. The van der Waals surface area contributed by atoms with Crippen molar-refractivity contribution in [2.24, 2.45) is 0 Å². The van der Waals surface area contributed by atoms with E-state index in [2.05, 4.69) is 11.1 Å². The molecule has 0 aliphatic carbocycles. The lowest BCUT2D eigenvalue weighted by Gasteiger charge is -2.16. The minimum Gasteiger partial charge on any atom is -0.361 e. The summed E-state index contributed by atoms with van der Waals surface area (Å²) < 4.78 is 23.2. The Morgan fingerprint density at radius 2 is 1.89 bits per heavy atom. The zero-order valence-electron chi connectivity index (χ0n) is 11.6. The molecule has 0 fully saturated rings. The van der Waals surface area contributed by atoms with Gasteiger partial charge in [0.05, 0.1) is 19.4 Å². The van der Waals surface area contributed by atoms with Crippen LogP contribution in [0.15, 0.2) is 24.4 Å². The SMILES string of the molecule is CCOP(=O)(Cc1c[nH]c2ccc(C)cc12)OCC. The number of rotatable bonds is 6. The summed E-state index contributed by atoms with van der Waals surface area (Å²) in [7, 11) is -3.05. The Labute approximate surface area is 113 Å². The molecule has 0 aliphatic rings. The number of aryl methyl sites for hydroxylation is 1. The molecule has 5 heteroatoms. The van der Waals surface area contributed by atoms with Crippen molar-refractivity contribution in [3.8, 4) is 0 Å². The second-order valence-corrected chi connectivity index (χ2v) is 6.52. The number of fused-ring (bicyclic) bond motifs is 1. The standard InChI is InChI=1S/C14H20NO3P/c1-4-17-19(16,18-5-2)10-12-9-15-14-7-6-11(3)8-13(12)14/h6-9,15H,4-5,10H2,1-3H3. The first kappa shape index (κ1) is 14.3. The molecule has 4 nitrogen and oxygen atoms in total. The predicted molar refractivity (Wildman–Crippen MR) is 77.6 cm³/mol. The summed E-state index contributed by atoms with van der Waals surface area (Å²) in [6.45, 7) is 6.47. The van der Waals surface area contributed by atoms with Gasteiger partial charge in [-0.05, 0) is 38.5 Å². The second-order valence-electron chi connectivity index (χ2n) is 4.47. The van der Waals surface area contributed by atoms with E-state index in [-0.39, 0.29) is 0 Å². The van der Waals surface area contributed by atoms with Crippen LogP contribution in [0.3, 0.4) is 0 Å². The fraction of sp³-hybridized carbons (Fsp3) is 0.429. The largest absolute Gasteiger partial charge is 0.361 e. The van der Waals surface area contributed by atoms with E-state index >= 15 is 0 Å². The molecule has 2 rings (SSSR count). The molecular formula is C14H20NO3P. The third-order valence-electron chi connectivity index (χ3n) is 2.94. The Morgan fingerprint density at radius 1 is 1.21 bits per heavy atom. The van der Waals surface area contributed by atoms with Gasteiger partial charge in [0.2, 0.25) is 0 Å². The van der Waals surface area contributed by atoms with Crippen LogP contribution >= 0.6 is 7.60 Å². The van der Waals surface area contributed by atoms with Gasteiger partial charge >= 0.3 is 7.60 Å². The third-order valence-corrected chi connectivity index (χ3v) is 4.97. The molecule has 0 aliphatic heterocycles. The van der Waals surface area contributed by atoms with Gasteiger partial charge in [0.25, 0.3) is 0 Å². The van der Waals surface area contributed by atoms with E-state index in [1.54, 1.807) is 0 Å². The van der Waals surface area contributed by atoms with E-state index in [1.165, 1.54) is 5.56 Å². The Morgan fingerprint density at radius 3 is 2.53 bits per heavy atom. The fourth-order valence-corrected chi connectivity index (χ4v) is 3.88. The third kappa shape index (κ3) is 3.27. The van der Waals surface area contributed by atoms with Gasteiger partial charge in [-0.25, -0.2) is 0 Å². The molecule has 0 atom stereocenters. The average molecular weight is 281 g/mol. The van der Waals surface area contributed by atoms with E-state index in [9.17, 15) is 4.57 Å². The number of H-pyrrole nitrogens is 1. The molecular weight excluding hydrogens is 261 g/mol. The van der Waals surface area contributed by atoms with Gasteiger partial charge in [0.1, 0.15) is 0 Å². The number of aromatic nitrogens is 1. The van der Waals surface area contributed by atoms with Gasteiger partial charge in [0.15, 0.2) is 0 Å². The molecule has 1 N–H and O–H groups in total. The van der Waals surface area contributed by atoms with E-state index in [1.807, 2.05) is 39.1 Å². The lowest BCUT2D eigenvalue weighted by molar-refractivity contribution is 0.219.